The topological polar surface area (TPSA) is 62.5 Å². The van der Waals surface area contributed by atoms with Gasteiger partial charge in [-0.2, -0.15) is 0 Å². The molecule has 0 aliphatic carbocycles. The lowest BCUT2D eigenvalue weighted by atomic mass is 10.2. The standard InChI is InChI=1S/C16H18N4O/c17-14-6-7-15(18-12-14)19-8-10-20(11-9-19)16(21)13-4-2-1-3-5-13/h1-7,12H,8-11,17H2. The maximum atomic E-state index is 12.4. The van der Waals surface area contributed by atoms with Crippen molar-refractivity contribution in [2.45, 2.75) is 0 Å². The quantitative estimate of drug-likeness (QED) is 0.909. The minimum absolute atomic E-state index is 0.0977. The molecule has 2 N–H and O–H groups in total. The van der Waals surface area contributed by atoms with Crippen molar-refractivity contribution in [1.82, 2.24) is 9.88 Å². The van der Waals surface area contributed by atoms with Crippen molar-refractivity contribution in [3.8, 4) is 0 Å². The molecule has 1 amide bonds. The Morgan fingerprint density at radius 3 is 2.33 bits per heavy atom. The third-order valence-corrected chi connectivity index (χ3v) is 3.68. The van der Waals surface area contributed by atoms with E-state index in [9.17, 15) is 4.79 Å². The summed E-state index contributed by atoms with van der Waals surface area (Å²) in [5.41, 5.74) is 7.06. The van der Waals surface area contributed by atoms with Gasteiger partial charge in [-0.15, -0.1) is 0 Å². The molecule has 1 aromatic heterocycles. The van der Waals surface area contributed by atoms with Crippen molar-refractivity contribution >= 4 is 17.4 Å². The summed E-state index contributed by atoms with van der Waals surface area (Å²) in [5, 5.41) is 0. The van der Waals surface area contributed by atoms with E-state index >= 15 is 0 Å². The molecule has 1 fully saturated rings. The van der Waals surface area contributed by atoms with Gasteiger partial charge in [-0.3, -0.25) is 4.79 Å². The predicted molar refractivity (Wildman–Crippen MR) is 83.2 cm³/mol. The Balaban J connectivity index is 1.63. The van der Waals surface area contributed by atoms with Gasteiger partial charge in [-0.05, 0) is 24.3 Å². The SMILES string of the molecule is Nc1ccc(N2CCN(C(=O)c3ccccc3)CC2)nc1. The number of piperazine rings is 1. The second kappa shape index (κ2) is 5.83. The summed E-state index contributed by atoms with van der Waals surface area (Å²) in [7, 11) is 0. The Morgan fingerprint density at radius 2 is 1.71 bits per heavy atom. The van der Waals surface area contributed by atoms with Crippen LogP contribution in [0.1, 0.15) is 10.4 Å². The number of hydrogen-bond acceptors (Lipinski definition) is 4. The van der Waals surface area contributed by atoms with Crippen LogP contribution in [0.2, 0.25) is 0 Å². The highest BCUT2D eigenvalue weighted by Crippen LogP contribution is 2.16. The summed E-state index contributed by atoms with van der Waals surface area (Å²) in [5.74, 6) is 1.01. The number of nitrogens with two attached hydrogens (primary N) is 1. The van der Waals surface area contributed by atoms with Crippen LogP contribution in [0.3, 0.4) is 0 Å². The Bertz CT molecular complexity index is 604. The number of hydrogen-bond donors (Lipinski definition) is 1. The molecule has 0 spiro atoms. The van der Waals surface area contributed by atoms with Crippen molar-refractivity contribution in [3.05, 3.63) is 54.2 Å². The summed E-state index contributed by atoms with van der Waals surface area (Å²) in [6, 6.07) is 13.2. The minimum Gasteiger partial charge on any atom is -0.397 e. The predicted octanol–water partition coefficient (Wildman–Crippen LogP) is 1.63. The molecule has 1 saturated heterocycles. The smallest absolute Gasteiger partial charge is 0.253 e. The van der Waals surface area contributed by atoms with E-state index in [1.807, 2.05) is 47.4 Å². The van der Waals surface area contributed by atoms with E-state index in [4.69, 9.17) is 5.73 Å². The van der Waals surface area contributed by atoms with Gasteiger partial charge in [0.25, 0.3) is 5.91 Å². The number of pyridine rings is 1. The number of aromatic nitrogens is 1. The van der Waals surface area contributed by atoms with Crippen molar-refractivity contribution in [3.63, 3.8) is 0 Å². The van der Waals surface area contributed by atoms with Gasteiger partial charge in [0.2, 0.25) is 0 Å². The van der Waals surface area contributed by atoms with Gasteiger partial charge in [0, 0.05) is 31.7 Å². The van der Waals surface area contributed by atoms with Gasteiger partial charge < -0.3 is 15.5 Å². The fourth-order valence-electron chi connectivity index (χ4n) is 2.49. The molecule has 2 heterocycles. The molecule has 3 rings (SSSR count). The molecule has 1 aliphatic rings. The molecule has 1 aliphatic heterocycles. The molecule has 0 bridgehead atoms. The number of nitrogen functional groups attached to an aromatic ring is 1. The van der Waals surface area contributed by atoms with Gasteiger partial charge in [0.15, 0.2) is 0 Å². The van der Waals surface area contributed by atoms with E-state index in [1.165, 1.54) is 0 Å². The molecule has 0 radical (unpaired) electrons. The van der Waals surface area contributed by atoms with Crippen molar-refractivity contribution in [1.29, 1.82) is 0 Å². The Labute approximate surface area is 124 Å². The van der Waals surface area contributed by atoms with Crippen LogP contribution in [0, 0.1) is 0 Å². The normalized spacial score (nSPS) is 15.0. The van der Waals surface area contributed by atoms with E-state index in [1.54, 1.807) is 6.20 Å². The zero-order valence-electron chi connectivity index (χ0n) is 11.8. The molecule has 5 nitrogen and oxygen atoms in total. The zero-order valence-corrected chi connectivity index (χ0v) is 11.8. The van der Waals surface area contributed by atoms with Gasteiger partial charge in [-0.1, -0.05) is 18.2 Å². The molecule has 5 heteroatoms. The van der Waals surface area contributed by atoms with Crippen LogP contribution in [-0.2, 0) is 0 Å². The summed E-state index contributed by atoms with van der Waals surface area (Å²) in [6.45, 7) is 2.99. The third-order valence-electron chi connectivity index (χ3n) is 3.68. The van der Waals surface area contributed by atoms with E-state index in [0.29, 0.717) is 18.8 Å². The van der Waals surface area contributed by atoms with E-state index in [0.717, 1.165) is 24.5 Å². The number of carbonyl (C=O) groups is 1. The number of carbonyl (C=O) groups excluding carboxylic acids is 1. The molecule has 0 atom stereocenters. The molecule has 0 unspecified atom stereocenters. The first-order valence-electron chi connectivity index (χ1n) is 7.05. The molecule has 2 aromatic rings. The average molecular weight is 282 g/mol. The monoisotopic (exact) mass is 282 g/mol. The highest BCUT2D eigenvalue weighted by atomic mass is 16.2. The molecule has 0 saturated carbocycles. The van der Waals surface area contributed by atoms with Crippen LogP contribution in [-0.4, -0.2) is 42.0 Å². The lowest BCUT2D eigenvalue weighted by Crippen LogP contribution is -2.49. The van der Waals surface area contributed by atoms with Gasteiger partial charge in [-0.25, -0.2) is 4.98 Å². The maximum absolute atomic E-state index is 12.4. The average Bonchev–Trinajstić information content (AvgIpc) is 2.56. The minimum atomic E-state index is 0.0977. The molecular formula is C16H18N4O. The van der Waals surface area contributed by atoms with Crippen LogP contribution in [0.4, 0.5) is 11.5 Å². The number of rotatable bonds is 2. The van der Waals surface area contributed by atoms with Crippen molar-refractivity contribution in [2.75, 3.05) is 36.8 Å². The fraction of sp³-hybridized carbons (Fsp3) is 0.250. The summed E-state index contributed by atoms with van der Waals surface area (Å²) in [6.07, 6.45) is 1.66. The maximum Gasteiger partial charge on any atom is 0.253 e. The first kappa shape index (κ1) is 13.4. The Hall–Kier alpha value is -2.56. The summed E-state index contributed by atoms with van der Waals surface area (Å²) in [4.78, 5) is 20.8. The number of amides is 1. The molecular weight excluding hydrogens is 264 g/mol. The highest BCUT2D eigenvalue weighted by Gasteiger charge is 2.22. The second-order valence-electron chi connectivity index (χ2n) is 5.10. The van der Waals surface area contributed by atoms with Crippen molar-refractivity contribution < 1.29 is 4.79 Å². The van der Waals surface area contributed by atoms with E-state index in [2.05, 4.69) is 9.88 Å². The largest absolute Gasteiger partial charge is 0.397 e. The second-order valence-corrected chi connectivity index (χ2v) is 5.10. The Kier molecular flexibility index (Phi) is 3.73. The van der Waals surface area contributed by atoms with E-state index in [-0.39, 0.29) is 5.91 Å². The third kappa shape index (κ3) is 2.97. The van der Waals surface area contributed by atoms with Crippen LogP contribution in [0.15, 0.2) is 48.7 Å². The number of nitrogens with zero attached hydrogens (tertiary/aromatic N) is 3. The van der Waals surface area contributed by atoms with E-state index < -0.39 is 0 Å². The summed E-state index contributed by atoms with van der Waals surface area (Å²) < 4.78 is 0. The fourth-order valence-corrected chi connectivity index (χ4v) is 2.49. The number of benzene rings is 1. The van der Waals surface area contributed by atoms with Crippen LogP contribution in [0.25, 0.3) is 0 Å². The summed E-state index contributed by atoms with van der Waals surface area (Å²) >= 11 is 0. The van der Waals surface area contributed by atoms with Crippen LogP contribution < -0.4 is 10.6 Å². The first-order chi connectivity index (χ1) is 10.2. The molecule has 108 valence electrons. The van der Waals surface area contributed by atoms with Crippen LogP contribution >= 0.6 is 0 Å². The van der Waals surface area contributed by atoms with Crippen LogP contribution in [0.5, 0.6) is 0 Å². The molecule has 1 aromatic carbocycles. The van der Waals surface area contributed by atoms with Gasteiger partial charge in [0.1, 0.15) is 5.82 Å². The Morgan fingerprint density at radius 1 is 1.00 bits per heavy atom. The highest BCUT2D eigenvalue weighted by molar-refractivity contribution is 5.94. The lowest BCUT2D eigenvalue weighted by molar-refractivity contribution is 0.0746. The number of anilines is 2. The molecule has 21 heavy (non-hydrogen) atoms. The van der Waals surface area contributed by atoms with Crippen molar-refractivity contribution in [2.24, 2.45) is 0 Å². The lowest BCUT2D eigenvalue weighted by Gasteiger charge is -2.35. The van der Waals surface area contributed by atoms with Gasteiger partial charge >= 0.3 is 0 Å². The van der Waals surface area contributed by atoms with Gasteiger partial charge in [0.05, 0.1) is 11.9 Å². The first-order valence-corrected chi connectivity index (χ1v) is 7.05. The zero-order chi connectivity index (χ0) is 14.7.